The summed E-state index contributed by atoms with van der Waals surface area (Å²) in [5.74, 6) is 12.2. The van der Waals surface area contributed by atoms with Crippen molar-refractivity contribution in [3.63, 3.8) is 0 Å². The third-order valence-electron chi connectivity index (χ3n) is 5.43. The Morgan fingerprint density at radius 1 is 1.16 bits per heavy atom. The highest BCUT2D eigenvalue weighted by Crippen LogP contribution is 2.30. The Hall–Kier alpha value is -3.07. The molecule has 0 spiro atoms. The fourth-order valence-electron chi connectivity index (χ4n) is 3.70. The van der Waals surface area contributed by atoms with Crippen LogP contribution in [-0.2, 0) is 13.0 Å². The van der Waals surface area contributed by atoms with Crippen LogP contribution in [0.1, 0.15) is 35.0 Å². The number of benzene rings is 2. The van der Waals surface area contributed by atoms with E-state index >= 15 is 0 Å². The first kappa shape index (κ1) is 23.6. The molecular weight excluding hydrogens is 428 g/mol. The number of anilines is 1. The second-order valence-corrected chi connectivity index (χ2v) is 8.06. The Bertz CT molecular complexity index is 1140. The smallest absolute Gasteiger partial charge is 0.352 e. The van der Waals surface area contributed by atoms with Gasteiger partial charge in [-0.05, 0) is 68.7 Å². The van der Waals surface area contributed by atoms with E-state index < -0.39 is 6.03 Å². The Balaban J connectivity index is 1.85. The summed E-state index contributed by atoms with van der Waals surface area (Å²) in [5, 5.41) is 6.97. The minimum absolute atomic E-state index is 0.129. The molecule has 9 heteroatoms. The number of hydrogen-bond acceptors (Lipinski definition) is 5. The zero-order valence-electron chi connectivity index (χ0n) is 19.0. The summed E-state index contributed by atoms with van der Waals surface area (Å²) >= 11 is 6.39. The van der Waals surface area contributed by atoms with E-state index in [1.807, 2.05) is 36.7 Å². The third-order valence-corrected chi connectivity index (χ3v) is 5.79. The van der Waals surface area contributed by atoms with Gasteiger partial charge in [-0.1, -0.05) is 24.6 Å². The molecule has 32 heavy (non-hydrogen) atoms. The zero-order valence-corrected chi connectivity index (χ0v) is 19.8. The molecule has 2 aromatic carbocycles. The number of nitrogens with two attached hydrogens (primary N) is 2. The number of halogens is 1. The SMILES string of the molecule is CCc1c(C)nn(-c2ccc(OCc3c(Cl)cccc3N(N)C(=O)N(C)N)c(C)c2)c1C. The average Bonchev–Trinajstić information content (AvgIpc) is 3.05. The number of hydrogen-bond donors (Lipinski definition) is 2. The number of rotatable bonds is 6. The lowest BCUT2D eigenvalue weighted by Crippen LogP contribution is -2.49. The van der Waals surface area contributed by atoms with E-state index in [4.69, 9.17) is 28.0 Å². The number of carbonyl (C=O) groups excluding carboxylic acids is 1. The molecule has 1 aromatic heterocycles. The number of ether oxygens (including phenoxy) is 1. The summed E-state index contributed by atoms with van der Waals surface area (Å²) in [6.07, 6.45) is 0.943. The molecule has 0 bridgehead atoms. The number of hydrazine groups is 2. The lowest BCUT2D eigenvalue weighted by atomic mass is 10.1. The maximum absolute atomic E-state index is 12.2. The van der Waals surface area contributed by atoms with Crippen LogP contribution in [0.25, 0.3) is 5.69 Å². The highest BCUT2D eigenvalue weighted by atomic mass is 35.5. The van der Waals surface area contributed by atoms with Gasteiger partial charge in [0, 0.05) is 23.3 Å². The van der Waals surface area contributed by atoms with Gasteiger partial charge in [0.15, 0.2) is 0 Å². The largest absolute Gasteiger partial charge is 0.488 e. The topological polar surface area (TPSA) is 103 Å². The summed E-state index contributed by atoms with van der Waals surface area (Å²) in [6.45, 7) is 8.34. The zero-order chi connectivity index (χ0) is 23.6. The molecule has 0 aliphatic heterocycles. The van der Waals surface area contributed by atoms with Crippen LogP contribution < -0.4 is 21.4 Å². The van der Waals surface area contributed by atoms with Gasteiger partial charge in [-0.3, -0.25) is 5.01 Å². The van der Waals surface area contributed by atoms with E-state index in [2.05, 4.69) is 18.9 Å². The van der Waals surface area contributed by atoms with Crippen molar-refractivity contribution in [2.45, 2.75) is 40.7 Å². The van der Waals surface area contributed by atoms with Gasteiger partial charge in [-0.25, -0.2) is 26.2 Å². The number of aryl methyl sites for hydroxylation is 2. The highest BCUT2D eigenvalue weighted by molar-refractivity contribution is 6.31. The molecule has 1 heterocycles. The van der Waals surface area contributed by atoms with Gasteiger partial charge in [0.2, 0.25) is 0 Å². The second kappa shape index (κ2) is 9.60. The van der Waals surface area contributed by atoms with Gasteiger partial charge >= 0.3 is 6.03 Å². The van der Waals surface area contributed by atoms with Crippen molar-refractivity contribution in [2.75, 3.05) is 12.1 Å². The molecular formula is C23H29ClN6O2. The Morgan fingerprint density at radius 3 is 2.47 bits per heavy atom. The van der Waals surface area contributed by atoms with E-state index in [1.165, 1.54) is 12.6 Å². The molecule has 3 aromatic rings. The van der Waals surface area contributed by atoms with Crippen LogP contribution in [0.2, 0.25) is 5.02 Å². The van der Waals surface area contributed by atoms with Crippen molar-refractivity contribution in [3.8, 4) is 11.4 Å². The van der Waals surface area contributed by atoms with Gasteiger partial charge in [-0.15, -0.1) is 0 Å². The van der Waals surface area contributed by atoms with Crippen LogP contribution in [0.5, 0.6) is 5.75 Å². The van der Waals surface area contributed by atoms with E-state index in [-0.39, 0.29) is 6.61 Å². The molecule has 0 atom stereocenters. The van der Waals surface area contributed by atoms with Crippen molar-refractivity contribution in [1.82, 2.24) is 14.8 Å². The first-order chi connectivity index (χ1) is 15.1. The van der Waals surface area contributed by atoms with Crippen molar-refractivity contribution >= 4 is 23.3 Å². The summed E-state index contributed by atoms with van der Waals surface area (Å²) in [5.41, 5.74) is 6.36. The molecule has 0 aliphatic carbocycles. The lowest BCUT2D eigenvalue weighted by Gasteiger charge is -2.24. The average molecular weight is 457 g/mol. The summed E-state index contributed by atoms with van der Waals surface area (Å²) in [6, 6.07) is 10.5. The van der Waals surface area contributed by atoms with Gasteiger partial charge in [-0.2, -0.15) is 5.10 Å². The second-order valence-electron chi connectivity index (χ2n) is 7.65. The maximum atomic E-state index is 12.2. The van der Waals surface area contributed by atoms with Crippen LogP contribution in [0, 0.1) is 20.8 Å². The molecule has 170 valence electrons. The molecule has 2 amide bonds. The molecule has 3 rings (SSSR count). The van der Waals surface area contributed by atoms with Crippen LogP contribution in [0.4, 0.5) is 10.5 Å². The number of urea groups is 1. The summed E-state index contributed by atoms with van der Waals surface area (Å²) in [7, 11) is 1.42. The lowest BCUT2D eigenvalue weighted by molar-refractivity contribution is 0.216. The summed E-state index contributed by atoms with van der Waals surface area (Å²) < 4.78 is 8.01. The monoisotopic (exact) mass is 456 g/mol. The predicted octanol–water partition coefficient (Wildman–Crippen LogP) is 4.20. The first-order valence-corrected chi connectivity index (χ1v) is 10.7. The fourth-order valence-corrected chi connectivity index (χ4v) is 3.93. The van der Waals surface area contributed by atoms with Crippen LogP contribution in [0.15, 0.2) is 36.4 Å². The van der Waals surface area contributed by atoms with Crippen molar-refractivity contribution < 1.29 is 9.53 Å². The Morgan fingerprint density at radius 2 is 1.88 bits per heavy atom. The number of nitrogens with zero attached hydrogens (tertiary/aromatic N) is 4. The van der Waals surface area contributed by atoms with Crippen LogP contribution in [-0.4, -0.2) is 27.9 Å². The third kappa shape index (κ3) is 4.57. The Labute approximate surface area is 193 Å². The quantitative estimate of drug-likeness (QED) is 0.329. The number of carbonyl (C=O) groups is 1. The first-order valence-electron chi connectivity index (χ1n) is 10.3. The molecule has 0 aliphatic rings. The minimum atomic E-state index is -0.578. The standard InChI is InChI=1S/C23H29ClN6O2/c1-6-18-15(3)27-30(16(18)4)17-10-11-22(14(2)12-17)32-13-19-20(24)8-7-9-21(19)29(26)23(31)28(5)25/h7-12H,6,13,25-26H2,1-5H3. The van der Waals surface area contributed by atoms with E-state index in [0.29, 0.717) is 22.0 Å². The van der Waals surface area contributed by atoms with Gasteiger partial charge in [0.05, 0.1) is 17.1 Å². The van der Waals surface area contributed by atoms with Crippen molar-refractivity contribution in [2.24, 2.45) is 11.7 Å². The molecule has 0 saturated carbocycles. The molecule has 8 nitrogen and oxygen atoms in total. The highest BCUT2D eigenvalue weighted by Gasteiger charge is 2.20. The molecule has 0 radical (unpaired) electrons. The van der Waals surface area contributed by atoms with Crippen LogP contribution in [0.3, 0.4) is 0 Å². The van der Waals surface area contributed by atoms with Gasteiger partial charge in [0.1, 0.15) is 12.4 Å². The molecule has 0 saturated heterocycles. The van der Waals surface area contributed by atoms with Crippen LogP contribution >= 0.6 is 11.6 Å². The van der Waals surface area contributed by atoms with Gasteiger partial charge in [0.25, 0.3) is 0 Å². The van der Waals surface area contributed by atoms with E-state index in [1.54, 1.807) is 18.2 Å². The predicted molar refractivity (Wildman–Crippen MR) is 127 cm³/mol. The van der Waals surface area contributed by atoms with E-state index in [0.717, 1.165) is 39.1 Å². The molecule has 0 fully saturated rings. The fraction of sp³-hybridized carbons (Fsp3) is 0.304. The number of amides is 2. The normalized spacial score (nSPS) is 10.9. The van der Waals surface area contributed by atoms with E-state index in [9.17, 15) is 4.79 Å². The maximum Gasteiger partial charge on any atom is 0.352 e. The van der Waals surface area contributed by atoms with Gasteiger partial charge < -0.3 is 4.74 Å². The van der Waals surface area contributed by atoms with Crippen molar-refractivity contribution in [1.29, 1.82) is 0 Å². The number of aromatic nitrogens is 2. The summed E-state index contributed by atoms with van der Waals surface area (Å²) in [4.78, 5) is 12.2. The molecule has 4 N–H and O–H groups in total. The Kier molecular flexibility index (Phi) is 7.08. The molecule has 0 unspecified atom stereocenters. The van der Waals surface area contributed by atoms with Crippen molar-refractivity contribution in [3.05, 3.63) is 69.5 Å². The minimum Gasteiger partial charge on any atom is -0.488 e.